The van der Waals surface area contributed by atoms with Crippen molar-refractivity contribution in [2.24, 2.45) is 16.5 Å². The number of hydrogen-bond acceptors (Lipinski definition) is 11. The van der Waals surface area contributed by atoms with E-state index >= 15 is 0 Å². The normalized spacial score (nSPS) is 11.8. The average Bonchev–Trinajstić information content (AvgIpc) is 2.94. The molecule has 4 N–H and O–H groups in total. The Morgan fingerprint density at radius 2 is 1.71 bits per heavy atom. The third-order valence-corrected chi connectivity index (χ3v) is 7.73. The summed E-state index contributed by atoms with van der Waals surface area (Å²) in [7, 11) is -0.727. The lowest BCUT2D eigenvalue weighted by Gasteiger charge is -2.29. The summed E-state index contributed by atoms with van der Waals surface area (Å²) in [4.78, 5) is 42.7. The molecule has 232 valence electrons. The predicted octanol–water partition coefficient (Wildman–Crippen LogP) is 0.500. The molecule has 0 saturated carbocycles. The van der Waals surface area contributed by atoms with Crippen LogP contribution in [0.15, 0.2) is 40.2 Å². The van der Waals surface area contributed by atoms with E-state index in [9.17, 15) is 28.1 Å². The van der Waals surface area contributed by atoms with E-state index in [-0.39, 0.29) is 49.5 Å². The van der Waals surface area contributed by atoms with E-state index in [2.05, 4.69) is 4.99 Å². The number of carbonyl (C=O) groups excluding carboxylic acids is 2. The lowest BCUT2D eigenvalue weighted by Crippen LogP contribution is -2.54. The van der Waals surface area contributed by atoms with Gasteiger partial charge in [-0.1, -0.05) is 6.07 Å². The maximum absolute atomic E-state index is 13.8. The fourth-order valence-corrected chi connectivity index (χ4v) is 5.49. The van der Waals surface area contributed by atoms with Gasteiger partial charge in [0.1, 0.15) is 6.54 Å². The highest BCUT2D eigenvalue weighted by Crippen LogP contribution is 2.34. The molecule has 2 rings (SSSR count). The molecule has 0 aliphatic carbocycles. The largest absolute Gasteiger partial charge is 0.493 e. The van der Waals surface area contributed by atoms with Gasteiger partial charge in [0.05, 0.1) is 32.3 Å². The van der Waals surface area contributed by atoms with Crippen LogP contribution in [0.3, 0.4) is 0 Å². The molecule has 16 nitrogen and oxygen atoms in total. The third-order valence-electron chi connectivity index (χ3n) is 6.00. The van der Waals surface area contributed by atoms with Crippen molar-refractivity contribution in [3.05, 3.63) is 40.4 Å². The minimum absolute atomic E-state index is 0.000401. The van der Waals surface area contributed by atoms with Crippen LogP contribution in [0.5, 0.6) is 11.5 Å². The summed E-state index contributed by atoms with van der Waals surface area (Å²) in [5, 5.41) is 12.2. The van der Waals surface area contributed by atoms with E-state index in [4.69, 9.17) is 30.4 Å². The number of aliphatic imine (C=N–C) groups is 1. The van der Waals surface area contributed by atoms with Crippen LogP contribution in [0.25, 0.3) is 10.8 Å². The van der Waals surface area contributed by atoms with Crippen LogP contribution in [0.2, 0.25) is 0 Å². The summed E-state index contributed by atoms with van der Waals surface area (Å²) in [6, 6.07) is 5.13. The molecule has 42 heavy (non-hydrogen) atoms. The second-order valence-electron chi connectivity index (χ2n) is 8.75. The Hall–Kier alpha value is -4.38. The van der Waals surface area contributed by atoms with Crippen LogP contribution in [-0.4, -0.2) is 101 Å². The van der Waals surface area contributed by atoms with Gasteiger partial charge in [-0.3, -0.25) is 14.6 Å². The first-order valence-corrected chi connectivity index (χ1v) is 14.2. The van der Waals surface area contributed by atoms with Crippen LogP contribution in [-0.2, 0) is 29.1 Å². The Bertz CT molecular complexity index is 1400. The second-order valence-corrected chi connectivity index (χ2v) is 10.5. The number of sulfonamides is 1. The van der Waals surface area contributed by atoms with Crippen molar-refractivity contribution in [1.29, 1.82) is 0 Å². The van der Waals surface area contributed by atoms with E-state index in [1.54, 1.807) is 13.0 Å². The van der Waals surface area contributed by atoms with E-state index in [0.29, 0.717) is 22.3 Å². The van der Waals surface area contributed by atoms with Crippen LogP contribution in [0.1, 0.15) is 19.8 Å². The predicted molar refractivity (Wildman–Crippen MR) is 152 cm³/mol. The van der Waals surface area contributed by atoms with Gasteiger partial charge >= 0.3 is 16.0 Å². The van der Waals surface area contributed by atoms with Gasteiger partial charge in [0.15, 0.2) is 28.5 Å². The first-order valence-electron chi connectivity index (χ1n) is 12.7. The van der Waals surface area contributed by atoms with E-state index in [1.807, 2.05) is 0 Å². The van der Waals surface area contributed by atoms with Gasteiger partial charge < -0.3 is 35.3 Å². The SMILES string of the molecule is CCOC(=O)CN(CCOC)C(=O)[C@H](CCCN=C(N)N)N([N+](=O)[O-])S(=O)(=O)c1ccc2cc(OC)c(OC)cc2c1. The molecular weight excluding hydrogens is 576 g/mol. The lowest BCUT2D eigenvalue weighted by molar-refractivity contribution is -0.625. The Morgan fingerprint density at radius 3 is 2.26 bits per heavy atom. The minimum Gasteiger partial charge on any atom is -0.493 e. The number of ether oxygens (including phenoxy) is 4. The van der Waals surface area contributed by atoms with E-state index in [0.717, 1.165) is 4.90 Å². The first kappa shape index (κ1) is 33.8. The van der Waals surface area contributed by atoms with Crippen molar-refractivity contribution in [1.82, 2.24) is 9.31 Å². The molecule has 0 aliphatic rings. The average molecular weight is 613 g/mol. The van der Waals surface area contributed by atoms with Crippen molar-refractivity contribution in [3.63, 3.8) is 0 Å². The summed E-state index contributed by atoms with van der Waals surface area (Å²) in [6.07, 6.45) is -0.346. The molecule has 0 bridgehead atoms. The molecule has 0 heterocycles. The fraction of sp³-hybridized carbons (Fsp3) is 0.480. The van der Waals surface area contributed by atoms with Gasteiger partial charge in [-0.05, 0) is 54.8 Å². The molecule has 0 radical (unpaired) electrons. The number of guanidine groups is 1. The quantitative estimate of drug-likeness (QED) is 0.0623. The van der Waals surface area contributed by atoms with Gasteiger partial charge in [0, 0.05) is 24.6 Å². The minimum atomic E-state index is -4.94. The van der Waals surface area contributed by atoms with Crippen molar-refractivity contribution in [2.75, 3.05) is 54.2 Å². The Kier molecular flexibility index (Phi) is 12.5. The number of rotatable bonds is 17. The van der Waals surface area contributed by atoms with Crippen molar-refractivity contribution < 1.29 is 42.0 Å². The van der Waals surface area contributed by atoms with Gasteiger partial charge in [-0.25, -0.2) is 10.1 Å². The number of nitro groups is 1. The molecule has 17 heteroatoms. The van der Waals surface area contributed by atoms with Gasteiger partial charge in [0.25, 0.3) is 5.91 Å². The molecule has 1 amide bonds. The standard InChI is InChI=1S/C25H36N6O10S/c1-5-41-23(32)16-29(11-12-38-2)24(33)20(7-6-10-28-25(26)27)30(31(34)35)42(36,37)19-9-8-17-14-21(39-3)22(40-4)15-18(17)13-19/h8-9,13-15,20H,5-7,10-12,16H2,1-4H3,(H4,26,27,28)/t20-/m0/s1. The van der Waals surface area contributed by atoms with Gasteiger partial charge in [-0.2, -0.15) is 8.42 Å². The second kappa shape index (κ2) is 15.6. The fourth-order valence-electron chi connectivity index (χ4n) is 4.05. The van der Waals surface area contributed by atoms with Crippen LogP contribution in [0, 0.1) is 10.1 Å². The summed E-state index contributed by atoms with van der Waals surface area (Å²) in [6.45, 7) is 0.785. The van der Waals surface area contributed by atoms with Crippen molar-refractivity contribution in [2.45, 2.75) is 30.7 Å². The first-order chi connectivity index (χ1) is 19.9. The van der Waals surface area contributed by atoms with Gasteiger partial charge in [0.2, 0.25) is 0 Å². The Morgan fingerprint density at radius 1 is 1.07 bits per heavy atom. The Labute approximate surface area is 243 Å². The maximum atomic E-state index is 13.8. The highest BCUT2D eigenvalue weighted by Gasteiger charge is 2.45. The van der Waals surface area contributed by atoms with Crippen LogP contribution in [0.4, 0.5) is 0 Å². The number of hydrogen-bond donors (Lipinski definition) is 2. The molecule has 0 fully saturated rings. The summed E-state index contributed by atoms with van der Waals surface area (Å²) in [5.74, 6) is -1.32. The highest BCUT2D eigenvalue weighted by molar-refractivity contribution is 7.89. The monoisotopic (exact) mass is 612 g/mol. The zero-order chi connectivity index (χ0) is 31.4. The molecule has 1 atom stereocenters. The Balaban J connectivity index is 2.62. The van der Waals surface area contributed by atoms with Crippen LogP contribution >= 0.6 is 0 Å². The number of methoxy groups -OCH3 is 3. The van der Waals surface area contributed by atoms with Crippen molar-refractivity contribution >= 4 is 38.6 Å². The van der Waals surface area contributed by atoms with E-state index in [1.165, 1.54) is 45.6 Å². The number of esters is 1. The number of nitrogens with zero attached hydrogens (tertiary/aromatic N) is 4. The topological polar surface area (TPSA) is 219 Å². The highest BCUT2D eigenvalue weighted by atomic mass is 32.2. The number of fused-ring (bicyclic) bond motifs is 1. The number of benzene rings is 2. The number of hydrazine groups is 1. The zero-order valence-corrected chi connectivity index (χ0v) is 24.7. The van der Waals surface area contributed by atoms with Crippen molar-refractivity contribution in [3.8, 4) is 11.5 Å². The van der Waals surface area contributed by atoms with E-state index < -0.39 is 44.4 Å². The molecule has 2 aromatic rings. The molecule has 0 aromatic heterocycles. The molecule has 0 aliphatic heterocycles. The zero-order valence-electron chi connectivity index (χ0n) is 23.8. The maximum Gasteiger partial charge on any atom is 0.325 e. The molecule has 2 aromatic carbocycles. The molecule has 0 spiro atoms. The number of nitrogens with two attached hydrogens (primary N) is 2. The number of carbonyl (C=O) groups is 2. The van der Waals surface area contributed by atoms with Gasteiger partial charge in [-0.15, -0.1) is 0 Å². The number of amides is 1. The summed E-state index contributed by atoms with van der Waals surface area (Å²) in [5.41, 5.74) is 10.7. The summed E-state index contributed by atoms with van der Waals surface area (Å²) < 4.78 is 48.0. The molecule has 0 saturated heterocycles. The molecular formula is C25H36N6O10S. The van der Waals surface area contributed by atoms with Crippen LogP contribution < -0.4 is 20.9 Å². The third kappa shape index (κ3) is 8.56. The summed E-state index contributed by atoms with van der Waals surface area (Å²) >= 11 is 0. The lowest BCUT2D eigenvalue weighted by atomic mass is 10.1. The molecule has 0 unspecified atom stereocenters. The smallest absolute Gasteiger partial charge is 0.325 e.